The van der Waals surface area contributed by atoms with Crippen LogP contribution < -0.4 is 15.6 Å². The van der Waals surface area contributed by atoms with Crippen LogP contribution in [0.2, 0.25) is 0 Å². The number of likely N-dealkylation sites (tertiary alicyclic amines) is 1. The van der Waals surface area contributed by atoms with Crippen molar-refractivity contribution in [3.05, 3.63) is 97.5 Å². The zero-order valence-corrected chi connectivity index (χ0v) is 33.3. The highest BCUT2D eigenvalue weighted by atomic mass is 32.1. The number of amides is 1. The van der Waals surface area contributed by atoms with Crippen LogP contribution in [0.4, 0.5) is 26.3 Å². The number of thiophene rings is 1. The Bertz CT molecular complexity index is 2210. The monoisotopic (exact) mass is 850 g/mol. The lowest BCUT2D eigenvalue weighted by Crippen LogP contribution is -2.57. The van der Waals surface area contributed by atoms with Crippen molar-refractivity contribution in [2.75, 3.05) is 39.3 Å². The van der Waals surface area contributed by atoms with Crippen molar-refractivity contribution in [1.82, 2.24) is 20.1 Å². The van der Waals surface area contributed by atoms with Crippen molar-refractivity contribution in [2.24, 2.45) is 0 Å². The fourth-order valence-electron chi connectivity index (χ4n) is 7.42. The Morgan fingerprint density at radius 3 is 2.32 bits per heavy atom. The second-order valence-electron chi connectivity index (χ2n) is 15.3. The standard InChI is InChI=1S/C41H44F6N4O7S/c1-24(2)33-19-28(22-59-33)36(53)51-15-16-56-39(23-51)11-13-50(14-12-39)21-27-6-4-5-26(18-27)17-25(3)48-20-32(58-38(55)41(45,46)47)29-7-9-31(57-37(54)40(42,43)44)35-30(29)8-10-34(52)49-35/h4-10,18-19,22,24-25,32,48H,11-17,20-21,23H2,1-3H3,(H,49,52)/t25-,32+/m1/s1. The largest absolute Gasteiger partial charge is 0.491 e. The number of rotatable bonds is 12. The van der Waals surface area contributed by atoms with Gasteiger partial charge < -0.3 is 29.4 Å². The molecule has 2 saturated heterocycles. The maximum absolute atomic E-state index is 13.4. The summed E-state index contributed by atoms with van der Waals surface area (Å²) in [6.45, 7) is 9.43. The molecule has 0 radical (unpaired) electrons. The SMILES string of the molecule is CC(C)c1cc(C(=O)N2CCOC3(CCN(Cc4cccc(C[C@@H](C)NC[C@H](OC(=O)C(F)(F)F)c5ccc(OC(=O)C(F)(F)F)c6[nH]c(=O)ccc56)c4)CC3)C2)cs1. The second kappa shape index (κ2) is 17.8. The first-order chi connectivity index (χ1) is 27.8. The number of hydrogen-bond acceptors (Lipinski definition) is 10. The van der Waals surface area contributed by atoms with Crippen molar-refractivity contribution in [1.29, 1.82) is 0 Å². The van der Waals surface area contributed by atoms with Gasteiger partial charge in [0, 0.05) is 66.0 Å². The molecule has 0 bridgehead atoms. The van der Waals surface area contributed by atoms with E-state index in [9.17, 15) is 45.5 Å². The number of benzene rings is 2. The molecular formula is C41H44F6N4O7S. The highest BCUT2D eigenvalue weighted by molar-refractivity contribution is 7.10. The number of aromatic nitrogens is 1. The van der Waals surface area contributed by atoms with Gasteiger partial charge in [-0.05, 0) is 61.4 Å². The van der Waals surface area contributed by atoms with E-state index in [0.717, 1.165) is 66.9 Å². The third-order valence-corrected chi connectivity index (χ3v) is 11.7. The number of ether oxygens (including phenoxy) is 3. The summed E-state index contributed by atoms with van der Waals surface area (Å²) < 4.78 is 94.7. The van der Waals surface area contributed by atoms with Gasteiger partial charge in [-0.3, -0.25) is 14.5 Å². The molecule has 2 aromatic heterocycles. The molecule has 4 heterocycles. The van der Waals surface area contributed by atoms with Gasteiger partial charge in [0.05, 0.1) is 29.8 Å². The summed E-state index contributed by atoms with van der Waals surface area (Å²) in [7, 11) is 0. The minimum atomic E-state index is -5.37. The molecule has 2 aliphatic heterocycles. The maximum Gasteiger partial charge on any atom is 0.491 e. The van der Waals surface area contributed by atoms with E-state index in [-0.39, 0.29) is 29.4 Å². The zero-order valence-electron chi connectivity index (χ0n) is 32.5. The van der Waals surface area contributed by atoms with Crippen molar-refractivity contribution in [3.63, 3.8) is 0 Å². The number of hydrogen-bond donors (Lipinski definition) is 2. The minimum Gasteiger partial charge on any atom is -0.449 e. The summed E-state index contributed by atoms with van der Waals surface area (Å²) in [6.07, 6.45) is -10.4. The lowest BCUT2D eigenvalue weighted by Gasteiger charge is -2.47. The van der Waals surface area contributed by atoms with Gasteiger partial charge in [-0.2, -0.15) is 26.3 Å². The van der Waals surface area contributed by atoms with Crippen molar-refractivity contribution >= 4 is 40.1 Å². The van der Waals surface area contributed by atoms with E-state index in [4.69, 9.17) is 9.47 Å². The van der Waals surface area contributed by atoms with E-state index in [1.165, 1.54) is 4.88 Å². The number of halogens is 6. The summed E-state index contributed by atoms with van der Waals surface area (Å²) in [5.74, 6) is -5.39. The van der Waals surface area contributed by atoms with E-state index in [2.05, 4.69) is 33.8 Å². The number of esters is 2. The molecule has 0 aliphatic carbocycles. The number of H-pyrrole nitrogens is 1. The molecule has 2 aromatic carbocycles. The number of carbonyl (C=O) groups excluding carboxylic acids is 3. The third-order valence-electron chi connectivity index (χ3n) is 10.5. The third kappa shape index (κ3) is 10.9. The molecule has 59 heavy (non-hydrogen) atoms. The summed E-state index contributed by atoms with van der Waals surface area (Å²) in [5.41, 5.74) is 1.00. The van der Waals surface area contributed by atoms with Gasteiger partial charge in [0.2, 0.25) is 5.56 Å². The molecule has 0 saturated carbocycles. The summed E-state index contributed by atoms with van der Waals surface area (Å²) in [4.78, 5) is 56.7. The van der Waals surface area contributed by atoms with Crippen LogP contribution >= 0.6 is 11.3 Å². The first-order valence-corrected chi connectivity index (χ1v) is 20.0. The van der Waals surface area contributed by atoms with Crippen LogP contribution in [0.3, 0.4) is 0 Å². The minimum absolute atomic E-state index is 0.0357. The average molecular weight is 851 g/mol. The van der Waals surface area contributed by atoms with Crippen LogP contribution in [0.25, 0.3) is 10.9 Å². The summed E-state index contributed by atoms with van der Waals surface area (Å²) in [5, 5.41) is 4.91. The molecule has 4 aromatic rings. The predicted molar refractivity (Wildman–Crippen MR) is 206 cm³/mol. The lowest BCUT2D eigenvalue weighted by atomic mass is 9.89. The van der Waals surface area contributed by atoms with Gasteiger partial charge in [-0.25, -0.2) is 9.59 Å². The number of nitrogens with zero attached hydrogens (tertiary/aromatic N) is 2. The average Bonchev–Trinajstić information content (AvgIpc) is 3.68. The molecule has 2 aliphatic rings. The fourth-order valence-corrected chi connectivity index (χ4v) is 8.32. The Labute approximate surface area is 339 Å². The first-order valence-electron chi connectivity index (χ1n) is 19.1. The van der Waals surface area contributed by atoms with E-state index in [0.29, 0.717) is 38.6 Å². The Hall–Kier alpha value is -4.78. The predicted octanol–water partition coefficient (Wildman–Crippen LogP) is 7.06. The van der Waals surface area contributed by atoms with E-state index in [1.807, 2.05) is 40.6 Å². The molecule has 2 N–H and O–H groups in total. The van der Waals surface area contributed by atoms with E-state index in [1.54, 1.807) is 18.3 Å². The molecule has 1 spiro atoms. The van der Waals surface area contributed by atoms with Gasteiger partial charge in [0.15, 0.2) is 5.75 Å². The summed E-state index contributed by atoms with van der Waals surface area (Å²) in [6, 6.07) is 13.5. The van der Waals surface area contributed by atoms with Crippen LogP contribution in [-0.2, 0) is 32.0 Å². The Balaban J connectivity index is 1.08. The number of nitrogens with one attached hydrogen (secondary N) is 2. The van der Waals surface area contributed by atoms with Gasteiger partial charge >= 0.3 is 24.3 Å². The smallest absolute Gasteiger partial charge is 0.449 e. The number of aromatic amines is 1. The number of morpholine rings is 1. The lowest BCUT2D eigenvalue weighted by molar-refractivity contribution is -0.205. The van der Waals surface area contributed by atoms with Crippen LogP contribution in [-0.4, -0.2) is 96.0 Å². The van der Waals surface area contributed by atoms with Crippen molar-refractivity contribution < 1.29 is 54.9 Å². The topological polar surface area (TPSA) is 130 Å². The van der Waals surface area contributed by atoms with Gasteiger partial charge in [0.1, 0.15) is 6.10 Å². The van der Waals surface area contributed by atoms with E-state index >= 15 is 0 Å². The quantitative estimate of drug-likeness (QED) is 0.0875. The van der Waals surface area contributed by atoms with Crippen LogP contribution in [0.1, 0.15) is 77.6 Å². The number of fused-ring (bicyclic) bond motifs is 1. The number of alkyl halides is 6. The van der Waals surface area contributed by atoms with Crippen molar-refractivity contribution in [3.8, 4) is 5.75 Å². The molecule has 2 atom stereocenters. The summed E-state index contributed by atoms with van der Waals surface area (Å²) >= 11 is 1.61. The molecule has 318 valence electrons. The van der Waals surface area contributed by atoms with Crippen LogP contribution in [0.5, 0.6) is 5.75 Å². The molecule has 6 rings (SSSR count). The fraction of sp³-hybridized carbons (Fsp3) is 0.463. The Morgan fingerprint density at radius 2 is 1.64 bits per heavy atom. The van der Waals surface area contributed by atoms with Crippen molar-refractivity contribution in [2.45, 2.75) is 82.6 Å². The number of piperidine rings is 1. The van der Waals surface area contributed by atoms with Crippen LogP contribution in [0, 0.1) is 0 Å². The Kier molecular flexibility index (Phi) is 13.2. The molecule has 2 fully saturated rings. The zero-order chi connectivity index (χ0) is 42.7. The Morgan fingerprint density at radius 1 is 0.932 bits per heavy atom. The van der Waals surface area contributed by atoms with Gasteiger partial charge in [0.25, 0.3) is 5.91 Å². The highest BCUT2D eigenvalue weighted by Gasteiger charge is 2.44. The van der Waals surface area contributed by atoms with Gasteiger partial charge in [-0.1, -0.05) is 44.2 Å². The van der Waals surface area contributed by atoms with Crippen LogP contribution in [0.15, 0.2) is 64.8 Å². The molecule has 11 nitrogen and oxygen atoms in total. The maximum atomic E-state index is 13.4. The van der Waals surface area contributed by atoms with E-state index < -0.39 is 52.8 Å². The first kappa shape index (κ1) is 43.8. The number of pyridine rings is 1. The molecule has 18 heteroatoms. The molecule has 0 unspecified atom stereocenters. The highest BCUT2D eigenvalue weighted by Crippen LogP contribution is 2.35. The molecule has 1 amide bonds. The number of carbonyl (C=O) groups is 3. The second-order valence-corrected chi connectivity index (χ2v) is 16.2. The normalized spacial score (nSPS) is 17.3. The van der Waals surface area contributed by atoms with Gasteiger partial charge in [-0.15, -0.1) is 11.3 Å². The molecular weight excluding hydrogens is 807 g/mol.